The number of rotatable bonds is 5. The van der Waals surface area contributed by atoms with Crippen molar-refractivity contribution >= 4 is 23.0 Å². The summed E-state index contributed by atoms with van der Waals surface area (Å²) in [6.07, 6.45) is 1.60. The Morgan fingerprint density at radius 1 is 1.15 bits per heavy atom. The summed E-state index contributed by atoms with van der Waals surface area (Å²) < 4.78 is 24.6. The first-order chi connectivity index (χ1) is 13.2. The van der Waals surface area contributed by atoms with Gasteiger partial charge in [0.05, 0.1) is 42.4 Å². The number of nitrogens with one attached hydrogen (secondary N) is 1. The molecule has 140 valence electrons. The van der Waals surface area contributed by atoms with Crippen molar-refractivity contribution in [3.8, 4) is 11.3 Å². The van der Waals surface area contributed by atoms with E-state index in [-0.39, 0.29) is 5.82 Å². The molecule has 1 fully saturated rings. The molecule has 2 aromatic carbocycles. The molecule has 0 saturated carbocycles. The van der Waals surface area contributed by atoms with E-state index in [1.54, 1.807) is 18.3 Å². The molecule has 0 spiro atoms. The van der Waals surface area contributed by atoms with E-state index in [0.717, 1.165) is 24.5 Å². The Morgan fingerprint density at radius 3 is 2.78 bits per heavy atom. The summed E-state index contributed by atoms with van der Waals surface area (Å²) in [7, 11) is 0. The van der Waals surface area contributed by atoms with E-state index in [1.165, 1.54) is 12.1 Å². The highest BCUT2D eigenvalue weighted by molar-refractivity contribution is 6.34. The van der Waals surface area contributed by atoms with E-state index in [4.69, 9.17) is 20.8 Å². The number of aromatic nitrogens is 1. The summed E-state index contributed by atoms with van der Waals surface area (Å²) in [6, 6.07) is 12.0. The summed E-state index contributed by atoms with van der Waals surface area (Å²) in [5, 5.41) is 4.04. The van der Waals surface area contributed by atoms with Crippen LogP contribution in [0.2, 0.25) is 5.02 Å². The number of oxazole rings is 1. The molecular weight excluding hydrogens is 369 g/mol. The van der Waals surface area contributed by atoms with Crippen molar-refractivity contribution < 1.29 is 13.5 Å². The van der Waals surface area contributed by atoms with E-state index < -0.39 is 0 Å². The molecule has 0 radical (unpaired) electrons. The van der Waals surface area contributed by atoms with Gasteiger partial charge in [0.15, 0.2) is 5.76 Å². The van der Waals surface area contributed by atoms with Gasteiger partial charge in [-0.15, -0.1) is 0 Å². The third-order valence-electron chi connectivity index (χ3n) is 4.41. The van der Waals surface area contributed by atoms with Crippen LogP contribution in [-0.2, 0) is 11.3 Å². The molecule has 3 aromatic rings. The van der Waals surface area contributed by atoms with E-state index >= 15 is 0 Å². The molecule has 27 heavy (non-hydrogen) atoms. The normalized spacial score (nSPS) is 14.4. The van der Waals surface area contributed by atoms with Crippen LogP contribution >= 0.6 is 11.6 Å². The van der Waals surface area contributed by atoms with Crippen molar-refractivity contribution in [3.63, 3.8) is 0 Å². The van der Waals surface area contributed by atoms with Crippen molar-refractivity contribution in [2.75, 3.05) is 36.5 Å². The molecule has 1 N–H and O–H groups in total. The van der Waals surface area contributed by atoms with Gasteiger partial charge in [-0.05, 0) is 24.3 Å². The molecule has 0 amide bonds. The van der Waals surface area contributed by atoms with Gasteiger partial charge in [0.1, 0.15) is 5.82 Å². The Labute approximate surface area is 161 Å². The topological polar surface area (TPSA) is 50.5 Å². The zero-order valence-corrected chi connectivity index (χ0v) is 15.4. The molecule has 0 atom stereocenters. The van der Waals surface area contributed by atoms with E-state index in [1.807, 2.05) is 18.2 Å². The molecule has 0 bridgehead atoms. The number of anilines is 2. The summed E-state index contributed by atoms with van der Waals surface area (Å²) in [5.41, 5.74) is 2.53. The highest BCUT2D eigenvalue weighted by Crippen LogP contribution is 2.34. The van der Waals surface area contributed by atoms with Gasteiger partial charge in [-0.1, -0.05) is 29.8 Å². The van der Waals surface area contributed by atoms with Gasteiger partial charge in [-0.25, -0.2) is 9.37 Å². The monoisotopic (exact) mass is 387 g/mol. The van der Waals surface area contributed by atoms with Crippen LogP contribution in [0.4, 0.5) is 15.8 Å². The Bertz CT molecular complexity index is 925. The SMILES string of the molecule is Fc1cccc(-c2cnc(CNc3cccc(Cl)c3N3CCOCC3)o2)c1. The lowest BCUT2D eigenvalue weighted by molar-refractivity contribution is 0.123. The molecule has 7 heteroatoms. The average molecular weight is 388 g/mol. The quantitative estimate of drug-likeness (QED) is 0.694. The standard InChI is InChI=1S/C20H19ClFN3O2/c21-16-5-2-6-17(20(16)25-7-9-26-10-8-25)23-13-19-24-12-18(27-19)14-3-1-4-15(22)11-14/h1-6,11-12,23H,7-10,13H2. The van der Waals surface area contributed by atoms with Crippen molar-refractivity contribution in [2.45, 2.75) is 6.54 Å². The molecule has 4 rings (SSSR count). The largest absolute Gasteiger partial charge is 0.439 e. The molecule has 5 nitrogen and oxygen atoms in total. The van der Waals surface area contributed by atoms with E-state index in [9.17, 15) is 4.39 Å². The second-order valence-corrected chi connectivity index (χ2v) is 6.62. The number of nitrogens with zero attached hydrogens (tertiary/aromatic N) is 2. The fourth-order valence-corrected chi connectivity index (χ4v) is 3.40. The summed E-state index contributed by atoms with van der Waals surface area (Å²) in [5.74, 6) is 0.741. The minimum atomic E-state index is -0.308. The van der Waals surface area contributed by atoms with Crippen molar-refractivity contribution in [3.05, 3.63) is 65.4 Å². The lowest BCUT2D eigenvalue weighted by Gasteiger charge is -2.31. The first kappa shape index (κ1) is 17.8. The summed E-state index contributed by atoms with van der Waals surface area (Å²) >= 11 is 6.45. The minimum absolute atomic E-state index is 0.308. The van der Waals surface area contributed by atoms with E-state index in [2.05, 4.69) is 15.2 Å². The Balaban J connectivity index is 1.50. The van der Waals surface area contributed by atoms with Crippen LogP contribution in [0.1, 0.15) is 5.89 Å². The lowest BCUT2D eigenvalue weighted by Crippen LogP contribution is -2.36. The van der Waals surface area contributed by atoms with Gasteiger partial charge in [-0.2, -0.15) is 0 Å². The summed E-state index contributed by atoms with van der Waals surface area (Å²) in [6.45, 7) is 3.35. The number of halogens is 2. The van der Waals surface area contributed by atoms with Crippen molar-refractivity contribution in [1.29, 1.82) is 0 Å². The minimum Gasteiger partial charge on any atom is -0.439 e. The predicted molar refractivity (Wildman–Crippen MR) is 104 cm³/mol. The number of ether oxygens (including phenoxy) is 1. The van der Waals surface area contributed by atoms with Crippen molar-refractivity contribution in [2.24, 2.45) is 0 Å². The maximum Gasteiger partial charge on any atom is 0.214 e. The summed E-state index contributed by atoms with van der Waals surface area (Å²) in [4.78, 5) is 6.49. The zero-order valence-electron chi connectivity index (χ0n) is 14.6. The van der Waals surface area contributed by atoms with Crippen molar-refractivity contribution in [1.82, 2.24) is 4.98 Å². The molecular formula is C20H19ClFN3O2. The maximum atomic E-state index is 13.4. The maximum absolute atomic E-state index is 13.4. The first-order valence-electron chi connectivity index (χ1n) is 8.76. The van der Waals surface area contributed by atoms with Crippen LogP contribution in [-0.4, -0.2) is 31.3 Å². The van der Waals surface area contributed by atoms with Gasteiger partial charge < -0.3 is 19.4 Å². The van der Waals surface area contributed by atoms with Gasteiger partial charge >= 0.3 is 0 Å². The smallest absolute Gasteiger partial charge is 0.214 e. The molecule has 0 aliphatic carbocycles. The second kappa shape index (κ2) is 7.98. The van der Waals surface area contributed by atoms with Crippen LogP contribution in [0, 0.1) is 5.82 Å². The third-order valence-corrected chi connectivity index (χ3v) is 4.71. The van der Waals surface area contributed by atoms with Crippen LogP contribution < -0.4 is 10.2 Å². The number of hydrogen-bond acceptors (Lipinski definition) is 5. The first-order valence-corrected chi connectivity index (χ1v) is 9.14. The highest BCUT2D eigenvalue weighted by atomic mass is 35.5. The average Bonchev–Trinajstić information content (AvgIpc) is 3.16. The van der Waals surface area contributed by atoms with Crippen LogP contribution in [0.3, 0.4) is 0 Å². The van der Waals surface area contributed by atoms with Crippen LogP contribution in [0.5, 0.6) is 0 Å². The fraction of sp³-hybridized carbons (Fsp3) is 0.250. The number of para-hydroxylation sites is 1. The number of hydrogen-bond donors (Lipinski definition) is 1. The van der Waals surface area contributed by atoms with Crippen LogP contribution in [0.15, 0.2) is 53.1 Å². The molecule has 1 aliphatic rings. The van der Waals surface area contributed by atoms with Gasteiger partial charge in [0.25, 0.3) is 0 Å². The Hall–Kier alpha value is -2.57. The molecule has 1 aliphatic heterocycles. The van der Waals surface area contributed by atoms with Gasteiger partial charge in [0.2, 0.25) is 5.89 Å². The molecule has 2 heterocycles. The van der Waals surface area contributed by atoms with Crippen LogP contribution in [0.25, 0.3) is 11.3 Å². The number of morpholine rings is 1. The fourth-order valence-electron chi connectivity index (χ4n) is 3.10. The lowest BCUT2D eigenvalue weighted by atomic mass is 10.2. The highest BCUT2D eigenvalue weighted by Gasteiger charge is 2.18. The second-order valence-electron chi connectivity index (χ2n) is 6.22. The third kappa shape index (κ3) is 4.07. The Morgan fingerprint density at radius 2 is 1.96 bits per heavy atom. The van der Waals surface area contributed by atoms with Gasteiger partial charge in [0, 0.05) is 18.7 Å². The molecule has 1 saturated heterocycles. The predicted octanol–water partition coefficient (Wildman–Crippen LogP) is 4.58. The molecule has 0 unspecified atom stereocenters. The van der Waals surface area contributed by atoms with Gasteiger partial charge in [-0.3, -0.25) is 0 Å². The van der Waals surface area contributed by atoms with E-state index in [0.29, 0.717) is 42.0 Å². The molecule has 1 aromatic heterocycles. The number of benzene rings is 2. The zero-order chi connectivity index (χ0) is 18.6. The Kier molecular flexibility index (Phi) is 5.27.